The van der Waals surface area contributed by atoms with Crippen molar-refractivity contribution in [1.82, 2.24) is 14.8 Å². The molecule has 1 aliphatic carbocycles. The van der Waals surface area contributed by atoms with Gasteiger partial charge in [-0.25, -0.2) is 0 Å². The summed E-state index contributed by atoms with van der Waals surface area (Å²) in [6, 6.07) is 7.47. The zero-order valence-electron chi connectivity index (χ0n) is 12.4. The zero-order valence-corrected chi connectivity index (χ0v) is 12.4. The summed E-state index contributed by atoms with van der Waals surface area (Å²) in [6.45, 7) is 6.77. The van der Waals surface area contributed by atoms with Crippen LogP contribution in [0.5, 0.6) is 0 Å². The van der Waals surface area contributed by atoms with Crippen molar-refractivity contribution in [1.29, 1.82) is 0 Å². The maximum absolute atomic E-state index is 6.39. The van der Waals surface area contributed by atoms with Crippen molar-refractivity contribution < 1.29 is 0 Å². The standard InChI is InChI=1S/C16H26N4/c1-2-14(17)16(15-5-3-4-8-18-15)20-11-9-19(10-12-20)13-6-7-13/h3-5,8,13-14,16H,2,6-7,9-12,17H2,1H3. The molecule has 0 radical (unpaired) electrons. The second-order valence-corrected chi connectivity index (χ2v) is 6.07. The van der Waals surface area contributed by atoms with E-state index in [0.717, 1.165) is 31.2 Å². The molecule has 1 aromatic heterocycles. The van der Waals surface area contributed by atoms with Crippen molar-refractivity contribution >= 4 is 0 Å². The van der Waals surface area contributed by atoms with Gasteiger partial charge in [0.2, 0.25) is 0 Å². The summed E-state index contributed by atoms with van der Waals surface area (Å²) < 4.78 is 0. The lowest BCUT2D eigenvalue weighted by atomic mass is 9.99. The van der Waals surface area contributed by atoms with E-state index in [-0.39, 0.29) is 12.1 Å². The first-order valence-electron chi connectivity index (χ1n) is 7.94. The molecule has 2 aliphatic rings. The lowest BCUT2D eigenvalue weighted by molar-refractivity contribution is 0.0778. The molecule has 4 nitrogen and oxygen atoms in total. The quantitative estimate of drug-likeness (QED) is 0.886. The number of rotatable bonds is 5. The summed E-state index contributed by atoms with van der Waals surface area (Å²) in [6.07, 6.45) is 5.67. The van der Waals surface area contributed by atoms with Crippen LogP contribution in [0.1, 0.15) is 37.9 Å². The number of nitrogens with zero attached hydrogens (tertiary/aromatic N) is 3. The zero-order chi connectivity index (χ0) is 13.9. The fourth-order valence-electron chi connectivity index (χ4n) is 3.27. The molecule has 2 unspecified atom stereocenters. The number of nitrogens with two attached hydrogens (primary N) is 1. The molecule has 110 valence electrons. The SMILES string of the molecule is CCC(N)C(c1ccccn1)N1CCN(C2CC2)CC1. The van der Waals surface area contributed by atoms with Gasteiger partial charge in [-0.15, -0.1) is 0 Å². The minimum atomic E-state index is 0.164. The van der Waals surface area contributed by atoms with Crippen LogP contribution in [0.3, 0.4) is 0 Å². The number of hydrogen-bond acceptors (Lipinski definition) is 4. The summed E-state index contributed by atoms with van der Waals surface area (Å²) in [5.41, 5.74) is 7.52. The number of hydrogen-bond donors (Lipinski definition) is 1. The Hall–Kier alpha value is -0.970. The summed E-state index contributed by atoms with van der Waals surface area (Å²) in [7, 11) is 0. The summed E-state index contributed by atoms with van der Waals surface area (Å²) in [4.78, 5) is 9.73. The third kappa shape index (κ3) is 3.03. The average Bonchev–Trinajstić information content (AvgIpc) is 3.34. The molecule has 0 aromatic carbocycles. The first-order valence-corrected chi connectivity index (χ1v) is 7.94. The molecular weight excluding hydrogens is 248 g/mol. The van der Waals surface area contributed by atoms with Gasteiger partial charge in [0.25, 0.3) is 0 Å². The van der Waals surface area contributed by atoms with Crippen molar-refractivity contribution in [3.63, 3.8) is 0 Å². The lowest BCUT2D eigenvalue weighted by Gasteiger charge is -2.41. The molecule has 3 rings (SSSR count). The van der Waals surface area contributed by atoms with E-state index >= 15 is 0 Å². The number of aromatic nitrogens is 1. The monoisotopic (exact) mass is 274 g/mol. The minimum Gasteiger partial charge on any atom is -0.326 e. The number of pyridine rings is 1. The van der Waals surface area contributed by atoms with Crippen LogP contribution < -0.4 is 5.73 Å². The molecule has 0 bridgehead atoms. The maximum Gasteiger partial charge on any atom is 0.0674 e. The van der Waals surface area contributed by atoms with Crippen molar-refractivity contribution in [2.75, 3.05) is 26.2 Å². The van der Waals surface area contributed by atoms with Crippen LogP contribution in [0.15, 0.2) is 24.4 Å². The van der Waals surface area contributed by atoms with Crippen LogP contribution in [0.25, 0.3) is 0 Å². The maximum atomic E-state index is 6.39. The van der Waals surface area contributed by atoms with Gasteiger partial charge in [-0.3, -0.25) is 14.8 Å². The Bertz CT molecular complexity index is 410. The molecule has 1 aliphatic heterocycles. The van der Waals surface area contributed by atoms with E-state index in [9.17, 15) is 0 Å². The Morgan fingerprint density at radius 3 is 2.55 bits per heavy atom. The Morgan fingerprint density at radius 2 is 2.00 bits per heavy atom. The van der Waals surface area contributed by atoms with Crippen LogP contribution in [0.4, 0.5) is 0 Å². The van der Waals surface area contributed by atoms with Crippen molar-refractivity contribution in [3.05, 3.63) is 30.1 Å². The van der Waals surface area contributed by atoms with Crippen molar-refractivity contribution in [3.8, 4) is 0 Å². The molecule has 20 heavy (non-hydrogen) atoms. The van der Waals surface area contributed by atoms with Gasteiger partial charge in [-0.2, -0.15) is 0 Å². The molecule has 4 heteroatoms. The van der Waals surface area contributed by atoms with Gasteiger partial charge in [0.05, 0.1) is 11.7 Å². The Labute approximate surface area is 122 Å². The lowest BCUT2D eigenvalue weighted by Crippen LogP contribution is -2.52. The first kappa shape index (κ1) is 14.0. The molecule has 0 spiro atoms. The van der Waals surface area contributed by atoms with Crippen LogP contribution >= 0.6 is 0 Å². The van der Waals surface area contributed by atoms with E-state index in [1.165, 1.54) is 25.9 Å². The molecule has 2 atom stereocenters. The van der Waals surface area contributed by atoms with Crippen LogP contribution in [0.2, 0.25) is 0 Å². The fraction of sp³-hybridized carbons (Fsp3) is 0.688. The second kappa shape index (κ2) is 6.20. The van der Waals surface area contributed by atoms with Crippen LogP contribution in [-0.2, 0) is 0 Å². The Morgan fingerprint density at radius 1 is 1.25 bits per heavy atom. The van der Waals surface area contributed by atoms with Gasteiger partial charge in [-0.05, 0) is 31.4 Å². The molecule has 2 heterocycles. The highest BCUT2D eigenvalue weighted by molar-refractivity contribution is 5.12. The smallest absolute Gasteiger partial charge is 0.0674 e. The van der Waals surface area contributed by atoms with E-state index in [4.69, 9.17) is 5.73 Å². The average molecular weight is 274 g/mol. The topological polar surface area (TPSA) is 45.4 Å². The van der Waals surface area contributed by atoms with Gasteiger partial charge in [0.1, 0.15) is 0 Å². The largest absolute Gasteiger partial charge is 0.326 e. The molecule has 2 N–H and O–H groups in total. The van der Waals surface area contributed by atoms with Crippen molar-refractivity contribution in [2.24, 2.45) is 5.73 Å². The predicted octanol–water partition coefficient (Wildman–Crippen LogP) is 1.64. The van der Waals surface area contributed by atoms with Gasteiger partial charge in [-0.1, -0.05) is 13.0 Å². The van der Waals surface area contributed by atoms with E-state index < -0.39 is 0 Å². The molecule has 0 amide bonds. The van der Waals surface area contributed by atoms with E-state index in [1.807, 2.05) is 12.3 Å². The van der Waals surface area contributed by atoms with Crippen molar-refractivity contribution in [2.45, 2.75) is 44.3 Å². The third-order valence-electron chi connectivity index (χ3n) is 4.67. The van der Waals surface area contributed by atoms with E-state index in [1.54, 1.807) is 0 Å². The second-order valence-electron chi connectivity index (χ2n) is 6.07. The summed E-state index contributed by atoms with van der Waals surface area (Å²) in [5.74, 6) is 0. The molecule has 1 saturated heterocycles. The van der Waals surface area contributed by atoms with Gasteiger partial charge in [0.15, 0.2) is 0 Å². The first-order chi connectivity index (χ1) is 9.79. The normalized spacial score (nSPS) is 24.5. The van der Waals surface area contributed by atoms with Crippen LogP contribution in [-0.4, -0.2) is 53.0 Å². The molecule has 1 saturated carbocycles. The molecule has 2 fully saturated rings. The Balaban J connectivity index is 1.70. The highest BCUT2D eigenvalue weighted by Crippen LogP contribution is 2.30. The minimum absolute atomic E-state index is 0.164. The fourth-order valence-corrected chi connectivity index (χ4v) is 3.27. The Kier molecular flexibility index (Phi) is 4.34. The van der Waals surface area contributed by atoms with Gasteiger partial charge < -0.3 is 5.73 Å². The number of piperazine rings is 1. The predicted molar refractivity (Wildman–Crippen MR) is 81.4 cm³/mol. The summed E-state index contributed by atoms with van der Waals surface area (Å²) in [5, 5.41) is 0. The van der Waals surface area contributed by atoms with Crippen LogP contribution in [0, 0.1) is 0 Å². The highest BCUT2D eigenvalue weighted by atomic mass is 15.3. The third-order valence-corrected chi connectivity index (χ3v) is 4.67. The highest BCUT2D eigenvalue weighted by Gasteiger charge is 2.34. The molecule has 1 aromatic rings. The molecular formula is C16H26N4. The summed E-state index contributed by atoms with van der Waals surface area (Å²) >= 11 is 0. The van der Waals surface area contributed by atoms with E-state index in [0.29, 0.717) is 0 Å². The van der Waals surface area contributed by atoms with Gasteiger partial charge >= 0.3 is 0 Å². The van der Waals surface area contributed by atoms with E-state index in [2.05, 4.69) is 33.8 Å². The van der Waals surface area contributed by atoms with Gasteiger partial charge in [0, 0.05) is 44.5 Å².